The number of rotatable bonds is 3. The summed E-state index contributed by atoms with van der Waals surface area (Å²) >= 11 is 0. The molecule has 0 fully saturated rings. The van der Waals surface area contributed by atoms with E-state index >= 15 is 0 Å². The molecule has 0 radical (unpaired) electrons. The van der Waals surface area contributed by atoms with Gasteiger partial charge in [0.2, 0.25) is 0 Å². The van der Waals surface area contributed by atoms with Crippen LogP contribution in [0.1, 0.15) is 25.5 Å². The van der Waals surface area contributed by atoms with Crippen molar-refractivity contribution in [2.75, 3.05) is 7.05 Å². The van der Waals surface area contributed by atoms with Gasteiger partial charge in [0, 0.05) is 13.1 Å². The normalized spacial score (nSPS) is 11.8. The van der Waals surface area contributed by atoms with Crippen molar-refractivity contribution in [2.45, 2.75) is 19.9 Å². The highest BCUT2D eigenvalue weighted by atomic mass is 16.1. The number of benzene rings is 1. The van der Waals surface area contributed by atoms with Gasteiger partial charge >= 0.3 is 5.69 Å². The lowest BCUT2D eigenvalue weighted by Crippen LogP contribution is -2.18. The van der Waals surface area contributed by atoms with Gasteiger partial charge in [-0.15, -0.1) is 0 Å². The lowest BCUT2D eigenvalue weighted by Gasteiger charge is -2.06. The molecule has 0 spiro atoms. The number of nitrogens with one attached hydrogen (secondary N) is 2. The minimum atomic E-state index is -0.0716. The fraction of sp³-hybridized carbons (Fsp3) is 0.333. The SMILES string of the molecule is CN/N=C/c1ccc2[nH]c(=O)n(C(C)C)c2c1. The van der Waals surface area contributed by atoms with Crippen molar-refractivity contribution >= 4 is 17.2 Å². The van der Waals surface area contributed by atoms with E-state index < -0.39 is 0 Å². The first-order valence-electron chi connectivity index (χ1n) is 5.57. The molecule has 0 bridgehead atoms. The Balaban J connectivity index is 2.62. The largest absolute Gasteiger partial charge is 0.326 e. The second kappa shape index (κ2) is 4.45. The number of imidazole rings is 1. The molecule has 5 heteroatoms. The van der Waals surface area contributed by atoms with Crippen LogP contribution in [0.5, 0.6) is 0 Å². The van der Waals surface area contributed by atoms with Crippen molar-refractivity contribution in [1.82, 2.24) is 15.0 Å². The number of hydrazone groups is 1. The van der Waals surface area contributed by atoms with Gasteiger partial charge in [0.25, 0.3) is 0 Å². The van der Waals surface area contributed by atoms with Crippen LogP contribution in [0.3, 0.4) is 0 Å². The first-order valence-corrected chi connectivity index (χ1v) is 5.57. The zero-order valence-corrected chi connectivity index (χ0v) is 10.2. The van der Waals surface area contributed by atoms with Crippen LogP contribution in [0.4, 0.5) is 0 Å². The third kappa shape index (κ3) is 2.08. The molecule has 90 valence electrons. The second-order valence-electron chi connectivity index (χ2n) is 4.15. The smallest absolute Gasteiger partial charge is 0.313 e. The van der Waals surface area contributed by atoms with E-state index in [1.165, 1.54) is 0 Å². The summed E-state index contributed by atoms with van der Waals surface area (Å²) in [5.74, 6) is 0. The molecule has 0 aliphatic rings. The number of H-pyrrole nitrogens is 1. The highest BCUT2D eigenvalue weighted by Crippen LogP contribution is 2.15. The molecule has 0 saturated heterocycles. The highest BCUT2D eigenvalue weighted by Gasteiger charge is 2.09. The van der Waals surface area contributed by atoms with Gasteiger partial charge in [-0.25, -0.2) is 4.79 Å². The summed E-state index contributed by atoms with van der Waals surface area (Å²) in [6.07, 6.45) is 1.72. The molecule has 5 nitrogen and oxygen atoms in total. The van der Waals surface area contributed by atoms with Crippen molar-refractivity contribution in [3.8, 4) is 0 Å². The van der Waals surface area contributed by atoms with Crippen LogP contribution in [0.15, 0.2) is 28.1 Å². The average Bonchev–Trinajstić information content (AvgIpc) is 2.61. The van der Waals surface area contributed by atoms with Crippen LogP contribution < -0.4 is 11.1 Å². The van der Waals surface area contributed by atoms with Crippen molar-refractivity contribution < 1.29 is 0 Å². The van der Waals surface area contributed by atoms with Crippen LogP contribution in [-0.2, 0) is 0 Å². The molecule has 2 aromatic rings. The number of aromatic amines is 1. The van der Waals surface area contributed by atoms with E-state index in [2.05, 4.69) is 15.5 Å². The Kier molecular flexibility index (Phi) is 2.99. The third-order valence-electron chi connectivity index (χ3n) is 2.60. The minimum Gasteiger partial charge on any atom is -0.313 e. The fourth-order valence-electron chi connectivity index (χ4n) is 1.87. The summed E-state index contributed by atoms with van der Waals surface area (Å²) in [6.45, 7) is 3.98. The monoisotopic (exact) mass is 232 g/mol. The number of hydrogen-bond donors (Lipinski definition) is 2. The van der Waals surface area contributed by atoms with Crippen LogP contribution in [0.25, 0.3) is 11.0 Å². The maximum atomic E-state index is 11.8. The molecule has 0 atom stereocenters. The van der Waals surface area contributed by atoms with Gasteiger partial charge in [-0.2, -0.15) is 5.10 Å². The van der Waals surface area contributed by atoms with Gasteiger partial charge in [-0.05, 0) is 31.5 Å². The standard InChI is InChI=1S/C12H16N4O/c1-8(2)16-11-6-9(7-14-13-3)4-5-10(11)15-12(16)17/h4-8,13H,1-3H3,(H,15,17)/b14-7+. The van der Waals surface area contributed by atoms with Crippen LogP contribution in [-0.4, -0.2) is 22.8 Å². The van der Waals surface area contributed by atoms with Gasteiger partial charge in [0.15, 0.2) is 0 Å². The molecule has 2 rings (SSSR count). The summed E-state index contributed by atoms with van der Waals surface area (Å²) in [5, 5.41) is 3.96. The zero-order valence-electron chi connectivity index (χ0n) is 10.2. The van der Waals surface area contributed by atoms with Gasteiger partial charge in [0.05, 0.1) is 17.2 Å². The summed E-state index contributed by atoms with van der Waals surface area (Å²) in [5.41, 5.74) is 5.35. The third-order valence-corrected chi connectivity index (χ3v) is 2.60. The highest BCUT2D eigenvalue weighted by molar-refractivity contribution is 5.87. The van der Waals surface area contributed by atoms with E-state index in [4.69, 9.17) is 0 Å². The van der Waals surface area contributed by atoms with E-state index in [0.29, 0.717) is 0 Å². The molecule has 0 saturated carbocycles. The predicted molar refractivity (Wildman–Crippen MR) is 69.6 cm³/mol. The molecular weight excluding hydrogens is 216 g/mol. The van der Waals surface area contributed by atoms with Gasteiger partial charge in [-0.1, -0.05) is 6.07 Å². The molecule has 17 heavy (non-hydrogen) atoms. The average molecular weight is 232 g/mol. The van der Waals surface area contributed by atoms with E-state index in [-0.39, 0.29) is 11.7 Å². The Hall–Kier alpha value is -2.04. The van der Waals surface area contributed by atoms with Crippen LogP contribution in [0, 0.1) is 0 Å². The second-order valence-corrected chi connectivity index (χ2v) is 4.15. The Bertz CT molecular complexity index is 606. The van der Waals surface area contributed by atoms with Gasteiger partial charge in [-0.3, -0.25) is 4.57 Å². The molecule has 0 amide bonds. The molecule has 0 unspecified atom stereocenters. The molecule has 0 aliphatic carbocycles. The molecule has 2 N–H and O–H groups in total. The minimum absolute atomic E-state index is 0.0716. The Labute approximate surface area is 99.2 Å². The van der Waals surface area contributed by atoms with Crippen molar-refractivity contribution in [3.63, 3.8) is 0 Å². The zero-order chi connectivity index (χ0) is 12.4. The summed E-state index contributed by atoms with van der Waals surface area (Å²) in [7, 11) is 1.75. The number of nitrogens with zero attached hydrogens (tertiary/aromatic N) is 2. The topological polar surface area (TPSA) is 62.2 Å². The van der Waals surface area contributed by atoms with E-state index in [1.54, 1.807) is 17.8 Å². The van der Waals surface area contributed by atoms with E-state index in [1.807, 2.05) is 32.0 Å². The lowest BCUT2D eigenvalue weighted by atomic mass is 10.2. The van der Waals surface area contributed by atoms with Gasteiger partial charge < -0.3 is 10.4 Å². The number of aromatic nitrogens is 2. The van der Waals surface area contributed by atoms with Crippen LogP contribution >= 0.6 is 0 Å². The predicted octanol–water partition coefficient (Wildman–Crippen LogP) is 1.46. The summed E-state index contributed by atoms with van der Waals surface area (Å²) < 4.78 is 1.74. The molecular formula is C12H16N4O. The quantitative estimate of drug-likeness (QED) is 0.621. The molecule has 1 aromatic heterocycles. The lowest BCUT2D eigenvalue weighted by molar-refractivity contribution is 0.598. The maximum absolute atomic E-state index is 11.8. The van der Waals surface area contributed by atoms with Gasteiger partial charge in [0.1, 0.15) is 0 Å². The Morgan fingerprint density at radius 1 is 1.47 bits per heavy atom. The molecule has 0 aliphatic heterocycles. The number of fused-ring (bicyclic) bond motifs is 1. The summed E-state index contributed by atoms with van der Waals surface area (Å²) in [6, 6.07) is 5.90. The first-order chi connectivity index (χ1) is 8.13. The van der Waals surface area contributed by atoms with E-state index in [0.717, 1.165) is 16.6 Å². The first kappa shape index (κ1) is 11.4. The van der Waals surface area contributed by atoms with Crippen molar-refractivity contribution in [1.29, 1.82) is 0 Å². The van der Waals surface area contributed by atoms with Crippen molar-refractivity contribution in [2.24, 2.45) is 5.10 Å². The fourth-order valence-corrected chi connectivity index (χ4v) is 1.87. The number of hydrogen-bond acceptors (Lipinski definition) is 3. The molecule has 1 aromatic carbocycles. The maximum Gasteiger partial charge on any atom is 0.326 e. The van der Waals surface area contributed by atoms with E-state index in [9.17, 15) is 4.79 Å². The van der Waals surface area contributed by atoms with Crippen molar-refractivity contribution in [3.05, 3.63) is 34.2 Å². The summed E-state index contributed by atoms with van der Waals surface area (Å²) in [4.78, 5) is 14.6. The molecule has 1 heterocycles. The van der Waals surface area contributed by atoms with Crippen LogP contribution in [0.2, 0.25) is 0 Å². The Morgan fingerprint density at radius 2 is 2.24 bits per heavy atom. The Morgan fingerprint density at radius 3 is 2.88 bits per heavy atom.